The van der Waals surface area contributed by atoms with Crippen LogP contribution in [0.3, 0.4) is 0 Å². The van der Waals surface area contributed by atoms with Crippen molar-refractivity contribution in [3.05, 3.63) is 24.7 Å². The molecule has 0 radical (unpaired) electrons. The van der Waals surface area contributed by atoms with E-state index in [1.54, 1.807) is 4.90 Å². The number of carbonyl (C=O) groups is 1. The minimum absolute atomic E-state index is 0.194. The Labute approximate surface area is 204 Å². The van der Waals surface area contributed by atoms with Crippen LogP contribution in [0.15, 0.2) is 24.7 Å². The van der Waals surface area contributed by atoms with Gasteiger partial charge in [-0.3, -0.25) is 0 Å². The Morgan fingerprint density at radius 1 is 1.11 bits per heavy atom. The molecule has 35 heavy (non-hydrogen) atoms. The number of hydrogen-bond donors (Lipinski definition) is 0. The molecule has 11 heteroatoms. The molecule has 2 fully saturated rings. The molecule has 3 aromatic rings. The van der Waals surface area contributed by atoms with Gasteiger partial charge in [0.15, 0.2) is 11.2 Å². The summed E-state index contributed by atoms with van der Waals surface area (Å²) in [5.41, 5.74) is 1.60. The summed E-state index contributed by atoms with van der Waals surface area (Å²) in [5, 5.41) is 0. The van der Waals surface area contributed by atoms with Gasteiger partial charge in [0.25, 0.3) is 0 Å². The first-order chi connectivity index (χ1) is 16.8. The lowest BCUT2D eigenvalue weighted by Crippen LogP contribution is -2.36. The largest absolute Gasteiger partial charge is 0.471 e. The first kappa shape index (κ1) is 23.3. The van der Waals surface area contributed by atoms with Crippen LogP contribution in [-0.4, -0.2) is 86.6 Å². The van der Waals surface area contributed by atoms with Crippen LogP contribution in [0.5, 0.6) is 5.88 Å². The summed E-state index contributed by atoms with van der Waals surface area (Å²) in [6, 6.07) is 4.02. The lowest BCUT2D eigenvalue weighted by Gasteiger charge is -2.27. The minimum Gasteiger partial charge on any atom is -0.471 e. The van der Waals surface area contributed by atoms with Gasteiger partial charge in [-0.05, 0) is 32.9 Å². The lowest BCUT2D eigenvalue weighted by molar-refractivity contribution is 0.0275. The average Bonchev–Trinajstić information content (AvgIpc) is 3.44. The van der Waals surface area contributed by atoms with E-state index in [1.165, 1.54) is 6.33 Å². The van der Waals surface area contributed by atoms with Crippen molar-refractivity contribution < 1.29 is 19.0 Å². The van der Waals surface area contributed by atoms with E-state index >= 15 is 0 Å². The number of ether oxygens (including phenoxy) is 3. The molecule has 0 spiro atoms. The zero-order valence-corrected chi connectivity index (χ0v) is 20.6. The van der Waals surface area contributed by atoms with E-state index in [0.29, 0.717) is 49.8 Å². The summed E-state index contributed by atoms with van der Waals surface area (Å²) in [6.45, 7) is 9.68. The second-order valence-corrected chi connectivity index (χ2v) is 9.80. The Balaban J connectivity index is 1.33. The standard InChI is InChI=1S/C24H31N7O4/c1-24(2,3)35-23(32)31-8-7-17(14-31)34-22-19-21(26-15-27-22)29(4)20(28-19)16-5-6-18(25-13-16)30-9-11-33-12-10-30/h5-6,13,15,17H,7-12,14H2,1-4H3. The minimum atomic E-state index is -0.533. The van der Waals surface area contributed by atoms with Gasteiger partial charge in [0.1, 0.15) is 29.7 Å². The number of amides is 1. The predicted octanol–water partition coefficient (Wildman–Crippen LogP) is 2.65. The number of likely N-dealkylation sites (tertiary alicyclic amines) is 1. The summed E-state index contributed by atoms with van der Waals surface area (Å²) in [5.74, 6) is 2.06. The number of imidazole rings is 1. The number of nitrogens with zero attached hydrogens (tertiary/aromatic N) is 7. The number of anilines is 1. The van der Waals surface area contributed by atoms with E-state index < -0.39 is 5.60 Å². The first-order valence-electron chi connectivity index (χ1n) is 11.9. The monoisotopic (exact) mass is 481 g/mol. The first-order valence-corrected chi connectivity index (χ1v) is 11.9. The van der Waals surface area contributed by atoms with Gasteiger partial charge in [-0.1, -0.05) is 0 Å². The van der Waals surface area contributed by atoms with Crippen LogP contribution in [-0.2, 0) is 16.5 Å². The second kappa shape index (κ2) is 9.29. The molecule has 1 atom stereocenters. The lowest BCUT2D eigenvalue weighted by atomic mass is 10.2. The molecule has 1 amide bonds. The summed E-state index contributed by atoms with van der Waals surface area (Å²) in [6.07, 6.45) is 3.47. The molecular weight excluding hydrogens is 450 g/mol. The van der Waals surface area contributed by atoms with E-state index in [2.05, 4.69) is 19.9 Å². The Bertz CT molecular complexity index is 1200. The fourth-order valence-electron chi connectivity index (χ4n) is 4.30. The molecule has 0 aromatic carbocycles. The van der Waals surface area contributed by atoms with Gasteiger partial charge in [0, 0.05) is 44.9 Å². The molecule has 11 nitrogen and oxygen atoms in total. The summed E-state index contributed by atoms with van der Waals surface area (Å²) < 4.78 is 19.0. The summed E-state index contributed by atoms with van der Waals surface area (Å²) >= 11 is 0. The van der Waals surface area contributed by atoms with Crippen LogP contribution in [0.2, 0.25) is 0 Å². The van der Waals surface area contributed by atoms with Gasteiger partial charge < -0.3 is 28.6 Å². The van der Waals surface area contributed by atoms with Gasteiger partial charge in [0.05, 0.1) is 19.8 Å². The third-order valence-electron chi connectivity index (χ3n) is 6.04. The highest BCUT2D eigenvalue weighted by Crippen LogP contribution is 2.29. The Morgan fingerprint density at radius 2 is 1.91 bits per heavy atom. The molecule has 2 aliphatic heterocycles. The molecule has 0 aliphatic carbocycles. The number of rotatable bonds is 4. The number of fused-ring (bicyclic) bond motifs is 1. The number of aryl methyl sites for hydroxylation is 1. The zero-order chi connectivity index (χ0) is 24.6. The molecule has 0 N–H and O–H groups in total. The molecule has 0 saturated carbocycles. The van der Waals surface area contributed by atoms with Crippen molar-refractivity contribution in [2.24, 2.45) is 7.05 Å². The van der Waals surface area contributed by atoms with E-state index in [9.17, 15) is 4.79 Å². The maximum Gasteiger partial charge on any atom is 0.410 e. The molecular formula is C24H31N7O4. The number of hydrogen-bond acceptors (Lipinski definition) is 9. The molecule has 5 rings (SSSR count). The van der Waals surface area contributed by atoms with Crippen LogP contribution in [0, 0.1) is 0 Å². The second-order valence-electron chi connectivity index (χ2n) is 9.80. The van der Waals surface area contributed by atoms with Gasteiger partial charge in [-0.15, -0.1) is 0 Å². The SMILES string of the molecule is Cn1c(-c2ccc(N3CCOCC3)nc2)nc2c(OC3CCN(C(=O)OC(C)(C)C)C3)ncnc21. The van der Waals surface area contributed by atoms with Crippen LogP contribution < -0.4 is 9.64 Å². The summed E-state index contributed by atoms with van der Waals surface area (Å²) in [4.78, 5) is 34.5. The van der Waals surface area contributed by atoms with Crippen molar-refractivity contribution in [3.8, 4) is 17.3 Å². The Hall–Kier alpha value is -3.47. The highest BCUT2D eigenvalue weighted by Gasteiger charge is 2.32. The Kier molecular flexibility index (Phi) is 6.18. The third kappa shape index (κ3) is 5.00. The Morgan fingerprint density at radius 3 is 2.63 bits per heavy atom. The highest BCUT2D eigenvalue weighted by molar-refractivity contribution is 5.81. The van der Waals surface area contributed by atoms with Crippen molar-refractivity contribution in [3.63, 3.8) is 0 Å². The van der Waals surface area contributed by atoms with E-state index in [4.69, 9.17) is 19.2 Å². The number of pyridine rings is 1. The maximum atomic E-state index is 12.4. The van der Waals surface area contributed by atoms with E-state index in [0.717, 1.165) is 30.3 Å². The maximum absolute atomic E-state index is 12.4. The van der Waals surface area contributed by atoms with Crippen LogP contribution in [0.1, 0.15) is 27.2 Å². The fraction of sp³-hybridized carbons (Fsp3) is 0.542. The van der Waals surface area contributed by atoms with Crippen molar-refractivity contribution in [2.75, 3.05) is 44.3 Å². The zero-order valence-electron chi connectivity index (χ0n) is 20.6. The quantitative estimate of drug-likeness (QED) is 0.556. The van der Waals surface area contributed by atoms with Crippen molar-refractivity contribution in [2.45, 2.75) is 38.9 Å². The molecule has 5 heterocycles. The van der Waals surface area contributed by atoms with E-state index in [1.807, 2.05) is 50.7 Å². The van der Waals surface area contributed by atoms with Crippen LogP contribution >= 0.6 is 0 Å². The number of morpholine rings is 1. The van der Waals surface area contributed by atoms with Gasteiger partial charge in [-0.25, -0.2) is 19.7 Å². The topological polar surface area (TPSA) is 108 Å². The predicted molar refractivity (Wildman–Crippen MR) is 129 cm³/mol. The smallest absolute Gasteiger partial charge is 0.410 e. The van der Waals surface area contributed by atoms with Crippen molar-refractivity contribution in [1.82, 2.24) is 29.4 Å². The van der Waals surface area contributed by atoms with Gasteiger partial charge in [-0.2, -0.15) is 4.98 Å². The molecule has 0 bridgehead atoms. The highest BCUT2D eigenvalue weighted by atomic mass is 16.6. The molecule has 1 unspecified atom stereocenters. The summed E-state index contributed by atoms with van der Waals surface area (Å²) in [7, 11) is 1.91. The van der Waals surface area contributed by atoms with Gasteiger partial charge >= 0.3 is 6.09 Å². The van der Waals surface area contributed by atoms with E-state index in [-0.39, 0.29) is 12.2 Å². The van der Waals surface area contributed by atoms with Crippen LogP contribution in [0.4, 0.5) is 10.6 Å². The third-order valence-corrected chi connectivity index (χ3v) is 6.04. The fourth-order valence-corrected chi connectivity index (χ4v) is 4.30. The molecule has 2 saturated heterocycles. The van der Waals surface area contributed by atoms with Gasteiger partial charge in [0.2, 0.25) is 5.88 Å². The normalized spacial score (nSPS) is 18.8. The number of carbonyl (C=O) groups excluding carboxylic acids is 1. The molecule has 186 valence electrons. The van der Waals surface area contributed by atoms with Crippen molar-refractivity contribution >= 4 is 23.1 Å². The van der Waals surface area contributed by atoms with Crippen LogP contribution in [0.25, 0.3) is 22.6 Å². The number of aromatic nitrogens is 5. The average molecular weight is 482 g/mol. The molecule has 2 aliphatic rings. The van der Waals surface area contributed by atoms with Crippen molar-refractivity contribution in [1.29, 1.82) is 0 Å². The molecule has 3 aromatic heterocycles.